The standard InChI is InChI=1S/2K.H4O7P2.H2O4S/c;;1-8(2,3)7-9(4,5)6;1-5(2,3)4/h;;(H2,1,2,3)(H2,4,5,6);(H2,1,2,3,4)/q2*+1;;/p-2. The second-order valence-corrected chi connectivity index (χ2v) is 4.90. The number of hydrogen-bond donors (Lipinski definition) is 4. The summed E-state index contributed by atoms with van der Waals surface area (Å²) in [6.07, 6.45) is 0. The van der Waals surface area contributed by atoms with E-state index in [1.165, 1.54) is 0 Å². The molecule has 0 heterocycles. The molecule has 0 aromatic rings. The van der Waals surface area contributed by atoms with E-state index in [1.54, 1.807) is 0 Å². The third-order valence-electron chi connectivity index (χ3n) is 0.213. The van der Waals surface area contributed by atoms with Gasteiger partial charge in [-0.05, 0) is 0 Å². The van der Waals surface area contributed by atoms with Gasteiger partial charge in [-0.2, -0.15) is 4.31 Å². The van der Waals surface area contributed by atoms with Crippen LogP contribution in [0.4, 0.5) is 0 Å². The van der Waals surface area contributed by atoms with Gasteiger partial charge in [0.2, 0.25) is 0 Å². The maximum absolute atomic E-state index is 9.63. The van der Waals surface area contributed by atoms with Crippen molar-refractivity contribution < 1.29 is 153 Å². The first-order valence-electron chi connectivity index (χ1n) is 2.20. The van der Waals surface area contributed by atoms with E-state index in [1.807, 2.05) is 0 Å². The molecule has 4 N–H and O–H groups in total. The first kappa shape index (κ1) is 27.7. The molecule has 11 nitrogen and oxygen atoms in total. The molecule has 0 saturated carbocycles. The quantitative estimate of drug-likeness (QED) is 0.159. The molecule has 0 aliphatic heterocycles. The van der Waals surface area contributed by atoms with Crippen LogP contribution in [0, 0.1) is 0 Å². The Morgan fingerprint density at radius 1 is 0.875 bits per heavy atom. The summed E-state index contributed by atoms with van der Waals surface area (Å²) < 4.78 is 56.3. The Balaban J connectivity index is -0.0000000904. The minimum absolute atomic E-state index is 0. The minimum atomic E-state index is -5.17. The van der Waals surface area contributed by atoms with Crippen LogP contribution in [0.25, 0.3) is 0 Å². The Labute approximate surface area is 175 Å². The van der Waals surface area contributed by atoms with E-state index in [9.17, 15) is 9.13 Å². The van der Waals surface area contributed by atoms with Crippen LogP contribution in [-0.4, -0.2) is 37.1 Å². The summed E-state index contributed by atoms with van der Waals surface area (Å²) in [6.45, 7) is 0. The van der Waals surface area contributed by atoms with Crippen LogP contribution in [0.3, 0.4) is 0 Å². The third kappa shape index (κ3) is 53.0. The van der Waals surface area contributed by atoms with E-state index >= 15 is 0 Å². The van der Waals surface area contributed by atoms with E-state index in [4.69, 9.17) is 37.1 Å². The summed E-state index contributed by atoms with van der Waals surface area (Å²) in [6, 6.07) is 0. The Morgan fingerprint density at radius 2 is 1.00 bits per heavy atom. The van der Waals surface area contributed by atoms with E-state index in [2.05, 4.69) is 4.31 Å². The van der Waals surface area contributed by atoms with E-state index in [0.29, 0.717) is 0 Å². The van der Waals surface area contributed by atoms with Gasteiger partial charge in [0.05, 0.1) is 0 Å². The fourth-order valence-electron chi connectivity index (χ4n) is 0.139. The van der Waals surface area contributed by atoms with Crippen molar-refractivity contribution in [3.05, 3.63) is 0 Å². The molecule has 0 rings (SSSR count). The molecule has 0 aromatic carbocycles. The van der Waals surface area contributed by atoms with Crippen LogP contribution >= 0.6 is 15.6 Å². The van der Waals surface area contributed by atoms with E-state index in [-0.39, 0.29) is 103 Å². The molecular formula is H4K2O11P2S. The Bertz CT molecular complexity index is 316. The van der Waals surface area contributed by atoms with Crippen molar-refractivity contribution in [3.8, 4) is 0 Å². The molecule has 0 fully saturated rings. The predicted octanol–water partition coefficient (Wildman–Crippen LogP) is -8.14. The molecular weight excluding hydrogens is 348 g/mol. The van der Waals surface area contributed by atoms with Gasteiger partial charge < -0.3 is 28.7 Å². The first-order chi connectivity index (χ1) is 5.71. The van der Waals surface area contributed by atoms with Crippen LogP contribution in [0.1, 0.15) is 0 Å². The summed E-state index contributed by atoms with van der Waals surface area (Å²) in [5, 5.41) is 0. The van der Waals surface area contributed by atoms with Gasteiger partial charge in [-0.1, -0.05) is 0 Å². The van der Waals surface area contributed by atoms with Gasteiger partial charge in [0.1, 0.15) is 0 Å². The number of rotatable bonds is 2. The number of hydrogen-bond acceptors (Lipinski definition) is 7. The van der Waals surface area contributed by atoms with Crippen molar-refractivity contribution in [3.63, 3.8) is 0 Å². The molecule has 0 aromatic heterocycles. The molecule has 0 unspecified atom stereocenters. The summed E-state index contributed by atoms with van der Waals surface area (Å²) in [5.41, 5.74) is 0. The second-order valence-electron chi connectivity index (χ2n) is 1.47. The van der Waals surface area contributed by atoms with E-state index < -0.39 is 26.0 Å². The van der Waals surface area contributed by atoms with Gasteiger partial charge in [-0.15, -0.1) is 0 Å². The molecule has 0 saturated heterocycles. The molecule has 0 aliphatic rings. The van der Waals surface area contributed by atoms with Crippen LogP contribution in [-0.2, 0) is 23.8 Å². The molecule has 0 aliphatic carbocycles. The monoisotopic (exact) mass is 352 g/mol. The van der Waals surface area contributed by atoms with E-state index in [0.717, 1.165) is 0 Å². The maximum Gasteiger partial charge on any atom is 1.00 e. The van der Waals surface area contributed by atoms with Gasteiger partial charge in [-0.3, -0.25) is 8.42 Å². The van der Waals surface area contributed by atoms with Gasteiger partial charge in [0.15, 0.2) is 0 Å². The van der Waals surface area contributed by atoms with Crippen LogP contribution < -0.4 is 103 Å². The average Bonchev–Trinajstić information content (AvgIpc) is 1.42. The van der Waals surface area contributed by atoms with Crippen molar-refractivity contribution in [1.82, 2.24) is 0 Å². The molecule has 88 valence electrons. The van der Waals surface area contributed by atoms with Gasteiger partial charge >= 0.3 is 118 Å². The largest absolute Gasteiger partial charge is 1.00 e. The average molecular weight is 352 g/mol. The van der Waals surface area contributed by atoms with Crippen LogP contribution in [0.15, 0.2) is 0 Å². The molecule has 0 amide bonds. The molecule has 0 bridgehead atoms. The first-order valence-corrected chi connectivity index (χ1v) is 6.59. The SMILES string of the molecule is O=P(O)(O)OP(=O)(O)O.O=S(=O)([O-])[O-].[K+].[K+]. The van der Waals surface area contributed by atoms with Crippen molar-refractivity contribution in [2.45, 2.75) is 0 Å². The van der Waals surface area contributed by atoms with Gasteiger partial charge in [0, 0.05) is 10.4 Å². The summed E-state index contributed by atoms with van der Waals surface area (Å²) >= 11 is 0. The zero-order valence-electron chi connectivity index (χ0n) is 7.95. The van der Waals surface area contributed by atoms with Gasteiger partial charge in [-0.25, -0.2) is 9.13 Å². The maximum atomic E-state index is 9.63. The fourth-order valence-corrected chi connectivity index (χ4v) is 1.25. The third-order valence-corrected chi connectivity index (χ3v) is 1.91. The fraction of sp³-hybridized carbons (Fsp3) is 0. The van der Waals surface area contributed by atoms with Gasteiger partial charge in [0.25, 0.3) is 0 Å². The Hall–Kier alpha value is 3.40. The Morgan fingerprint density at radius 3 is 1.00 bits per heavy atom. The normalized spacial score (nSPS) is 11.4. The van der Waals surface area contributed by atoms with Crippen LogP contribution in [0.2, 0.25) is 0 Å². The zero-order chi connectivity index (χ0) is 12.2. The summed E-state index contributed by atoms with van der Waals surface area (Å²) in [4.78, 5) is 31.0. The zero-order valence-corrected chi connectivity index (χ0v) is 16.8. The molecule has 16 heavy (non-hydrogen) atoms. The molecule has 16 heteroatoms. The predicted molar refractivity (Wildman–Crippen MR) is 35.6 cm³/mol. The summed E-state index contributed by atoms with van der Waals surface area (Å²) in [7, 11) is -15.3. The van der Waals surface area contributed by atoms with Crippen molar-refractivity contribution in [1.29, 1.82) is 0 Å². The van der Waals surface area contributed by atoms with Crippen molar-refractivity contribution >= 4 is 26.0 Å². The second kappa shape index (κ2) is 11.1. The molecule has 0 radical (unpaired) electrons. The summed E-state index contributed by atoms with van der Waals surface area (Å²) in [5.74, 6) is 0. The Kier molecular flexibility index (Phi) is 19.2. The van der Waals surface area contributed by atoms with Crippen molar-refractivity contribution in [2.24, 2.45) is 0 Å². The molecule has 0 atom stereocenters. The minimum Gasteiger partial charge on any atom is -0.759 e. The number of phosphoric acid groups is 2. The van der Waals surface area contributed by atoms with Crippen molar-refractivity contribution in [2.75, 3.05) is 0 Å². The molecule has 0 spiro atoms. The smallest absolute Gasteiger partial charge is 0.759 e. The topological polar surface area (TPSA) is 205 Å². The van der Waals surface area contributed by atoms with Crippen LogP contribution in [0.5, 0.6) is 0 Å².